The van der Waals surface area contributed by atoms with Crippen molar-refractivity contribution >= 4 is 5.91 Å². The Bertz CT molecular complexity index is 541. The average Bonchev–Trinajstić information content (AvgIpc) is 2.44. The molecule has 2 rings (SSSR count). The minimum atomic E-state index is -0.0523. The van der Waals surface area contributed by atoms with Crippen LogP contribution in [0.5, 0.6) is 5.88 Å². The molecule has 98 valence electrons. The number of nitrogens with one attached hydrogen (secondary N) is 1. The van der Waals surface area contributed by atoms with Crippen molar-refractivity contribution in [1.82, 2.24) is 10.3 Å². The summed E-state index contributed by atoms with van der Waals surface area (Å²) in [6, 6.07) is 13.6. The molecule has 0 aliphatic rings. The van der Waals surface area contributed by atoms with E-state index in [0.29, 0.717) is 19.0 Å². The Kier molecular flexibility index (Phi) is 4.50. The minimum absolute atomic E-state index is 0.0523. The summed E-state index contributed by atoms with van der Waals surface area (Å²) in [4.78, 5) is 15.0. The van der Waals surface area contributed by atoms with Gasteiger partial charge in [-0.3, -0.25) is 4.79 Å². The van der Waals surface area contributed by atoms with Gasteiger partial charge in [0, 0.05) is 25.7 Å². The summed E-state index contributed by atoms with van der Waals surface area (Å²) in [5, 5.41) is 2.74. The van der Waals surface area contributed by atoms with Gasteiger partial charge in [0.15, 0.2) is 0 Å². The second-order valence-corrected chi connectivity index (χ2v) is 4.19. The van der Waals surface area contributed by atoms with Crippen LogP contribution < -0.4 is 10.1 Å². The smallest absolute Gasteiger partial charge is 0.217 e. The van der Waals surface area contributed by atoms with Gasteiger partial charge in [0.2, 0.25) is 11.8 Å². The minimum Gasteiger partial charge on any atom is -0.473 e. The Labute approximate surface area is 112 Å². The molecule has 0 unspecified atom stereocenters. The highest BCUT2D eigenvalue weighted by Crippen LogP contribution is 2.11. The maximum atomic E-state index is 10.9. The Balaban J connectivity index is 1.93. The van der Waals surface area contributed by atoms with E-state index in [-0.39, 0.29) is 5.91 Å². The second-order valence-electron chi connectivity index (χ2n) is 4.19. The van der Waals surface area contributed by atoms with E-state index in [2.05, 4.69) is 10.3 Å². The van der Waals surface area contributed by atoms with Crippen molar-refractivity contribution in [3.05, 3.63) is 59.8 Å². The first-order chi connectivity index (χ1) is 9.24. The molecule has 1 amide bonds. The fourth-order valence-corrected chi connectivity index (χ4v) is 1.60. The number of aromatic nitrogens is 1. The Morgan fingerprint density at radius 2 is 2.00 bits per heavy atom. The van der Waals surface area contributed by atoms with E-state index in [1.807, 2.05) is 42.5 Å². The van der Waals surface area contributed by atoms with Crippen LogP contribution >= 0.6 is 0 Å². The number of rotatable bonds is 5. The van der Waals surface area contributed by atoms with E-state index in [1.54, 1.807) is 6.20 Å². The van der Waals surface area contributed by atoms with Crippen LogP contribution in [0.1, 0.15) is 18.1 Å². The molecule has 4 nitrogen and oxygen atoms in total. The molecule has 0 saturated carbocycles. The third-order valence-corrected chi connectivity index (χ3v) is 2.57. The molecule has 1 aromatic heterocycles. The molecule has 0 radical (unpaired) electrons. The highest BCUT2D eigenvalue weighted by molar-refractivity contribution is 5.72. The number of hydrogen-bond acceptors (Lipinski definition) is 3. The fraction of sp³-hybridized carbons (Fsp3) is 0.200. The van der Waals surface area contributed by atoms with Crippen LogP contribution in [0.15, 0.2) is 48.7 Å². The second kappa shape index (κ2) is 6.54. The lowest BCUT2D eigenvalue weighted by molar-refractivity contribution is -0.119. The lowest BCUT2D eigenvalue weighted by Crippen LogP contribution is -2.18. The summed E-state index contributed by atoms with van der Waals surface area (Å²) in [5.74, 6) is 0.510. The quantitative estimate of drug-likeness (QED) is 0.893. The monoisotopic (exact) mass is 256 g/mol. The van der Waals surface area contributed by atoms with Gasteiger partial charge in [-0.25, -0.2) is 4.98 Å². The third kappa shape index (κ3) is 4.43. The number of pyridine rings is 1. The highest BCUT2D eigenvalue weighted by atomic mass is 16.5. The molecule has 1 N–H and O–H groups in total. The summed E-state index contributed by atoms with van der Waals surface area (Å²) in [5.41, 5.74) is 2.06. The fourth-order valence-electron chi connectivity index (χ4n) is 1.60. The molecule has 0 spiro atoms. The van der Waals surface area contributed by atoms with Gasteiger partial charge in [-0.2, -0.15) is 0 Å². The zero-order chi connectivity index (χ0) is 13.5. The molecule has 0 atom stereocenters. The van der Waals surface area contributed by atoms with Gasteiger partial charge in [0.05, 0.1) is 0 Å². The van der Waals surface area contributed by atoms with Crippen LogP contribution in [0, 0.1) is 0 Å². The molecule has 0 aliphatic heterocycles. The maximum absolute atomic E-state index is 10.9. The van der Waals surface area contributed by atoms with E-state index in [4.69, 9.17) is 4.74 Å². The van der Waals surface area contributed by atoms with E-state index in [9.17, 15) is 4.79 Å². The van der Waals surface area contributed by atoms with Crippen LogP contribution in [0.3, 0.4) is 0 Å². The van der Waals surface area contributed by atoms with Crippen LogP contribution in [0.25, 0.3) is 0 Å². The number of ether oxygens (including phenoxy) is 1. The van der Waals surface area contributed by atoms with Gasteiger partial charge in [-0.1, -0.05) is 30.3 Å². The van der Waals surface area contributed by atoms with E-state index in [1.165, 1.54) is 6.92 Å². The van der Waals surface area contributed by atoms with Gasteiger partial charge in [0.25, 0.3) is 0 Å². The molecule has 2 aromatic rings. The van der Waals surface area contributed by atoms with Gasteiger partial charge < -0.3 is 10.1 Å². The van der Waals surface area contributed by atoms with Crippen LogP contribution in [-0.4, -0.2) is 10.9 Å². The number of nitrogens with zero attached hydrogens (tertiary/aromatic N) is 1. The van der Waals surface area contributed by atoms with Crippen molar-refractivity contribution in [2.45, 2.75) is 20.1 Å². The normalized spacial score (nSPS) is 9.95. The van der Waals surface area contributed by atoms with Crippen molar-refractivity contribution < 1.29 is 9.53 Å². The largest absolute Gasteiger partial charge is 0.473 e. The topological polar surface area (TPSA) is 51.2 Å². The van der Waals surface area contributed by atoms with Gasteiger partial charge in [-0.15, -0.1) is 0 Å². The zero-order valence-electron chi connectivity index (χ0n) is 10.8. The van der Waals surface area contributed by atoms with Crippen LogP contribution in [0.2, 0.25) is 0 Å². The molecule has 0 saturated heterocycles. The van der Waals surface area contributed by atoms with Crippen LogP contribution in [0.4, 0.5) is 0 Å². The van der Waals surface area contributed by atoms with Gasteiger partial charge in [-0.05, 0) is 17.2 Å². The molecular formula is C15H16N2O2. The first-order valence-electron chi connectivity index (χ1n) is 6.10. The molecule has 4 heteroatoms. The van der Waals surface area contributed by atoms with Crippen molar-refractivity contribution in [3.8, 4) is 5.88 Å². The van der Waals surface area contributed by atoms with E-state index >= 15 is 0 Å². The third-order valence-electron chi connectivity index (χ3n) is 2.57. The Morgan fingerprint density at radius 3 is 2.74 bits per heavy atom. The molecule has 0 fully saturated rings. The number of carbonyl (C=O) groups excluding carboxylic acids is 1. The number of amides is 1. The molecule has 19 heavy (non-hydrogen) atoms. The summed E-state index contributed by atoms with van der Waals surface area (Å²) >= 11 is 0. The zero-order valence-corrected chi connectivity index (χ0v) is 10.8. The van der Waals surface area contributed by atoms with E-state index < -0.39 is 0 Å². The van der Waals surface area contributed by atoms with Gasteiger partial charge >= 0.3 is 0 Å². The summed E-state index contributed by atoms with van der Waals surface area (Å²) in [6.07, 6.45) is 1.68. The number of carbonyl (C=O) groups is 1. The Hall–Kier alpha value is -2.36. The first-order valence-corrected chi connectivity index (χ1v) is 6.10. The first kappa shape index (κ1) is 13.1. The van der Waals surface area contributed by atoms with Crippen LogP contribution in [-0.2, 0) is 17.9 Å². The molecule has 0 bridgehead atoms. The maximum Gasteiger partial charge on any atom is 0.217 e. The number of benzene rings is 1. The van der Waals surface area contributed by atoms with Crippen molar-refractivity contribution in [2.24, 2.45) is 0 Å². The summed E-state index contributed by atoms with van der Waals surface area (Å²) < 4.78 is 5.62. The van der Waals surface area contributed by atoms with Crippen molar-refractivity contribution in [1.29, 1.82) is 0 Å². The van der Waals surface area contributed by atoms with Gasteiger partial charge in [0.1, 0.15) is 6.61 Å². The summed E-state index contributed by atoms with van der Waals surface area (Å²) in [7, 11) is 0. The SMILES string of the molecule is CC(=O)NCc1ccnc(OCc2ccccc2)c1. The average molecular weight is 256 g/mol. The summed E-state index contributed by atoms with van der Waals surface area (Å²) in [6.45, 7) is 2.46. The molecular weight excluding hydrogens is 240 g/mol. The van der Waals surface area contributed by atoms with Crippen molar-refractivity contribution in [2.75, 3.05) is 0 Å². The lowest BCUT2D eigenvalue weighted by atomic mass is 10.2. The Morgan fingerprint density at radius 1 is 1.21 bits per heavy atom. The van der Waals surface area contributed by atoms with Crippen molar-refractivity contribution in [3.63, 3.8) is 0 Å². The molecule has 1 heterocycles. The molecule has 0 aliphatic carbocycles. The standard InChI is InChI=1S/C15H16N2O2/c1-12(18)17-10-14-7-8-16-15(9-14)19-11-13-5-3-2-4-6-13/h2-9H,10-11H2,1H3,(H,17,18). The molecule has 1 aromatic carbocycles. The predicted molar refractivity (Wildman–Crippen MR) is 72.5 cm³/mol. The van der Waals surface area contributed by atoms with E-state index in [0.717, 1.165) is 11.1 Å². The highest BCUT2D eigenvalue weighted by Gasteiger charge is 2.00. The number of hydrogen-bond donors (Lipinski definition) is 1. The predicted octanol–water partition coefficient (Wildman–Crippen LogP) is 2.30. The lowest BCUT2D eigenvalue weighted by Gasteiger charge is -2.07.